The zero-order valence-corrected chi connectivity index (χ0v) is 13.1. The third-order valence-corrected chi connectivity index (χ3v) is 3.37. The van der Waals surface area contributed by atoms with Gasteiger partial charge in [0.15, 0.2) is 5.76 Å². The minimum Gasteiger partial charge on any atom is -0.489 e. The van der Waals surface area contributed by atoms with Gasteiger partial charge in [-0.1, -0.05) is 11.6 Å². The van der Waals surface area contributed by atoms with Crippen LogP contribution in [0.1, 0.15) is 29.8 Å². The quantitative estimate of drug-likeness (QED) is 0.632. The largest absolute Gasteiger partial charge is 0.489 e. The number of nitrogens with zero attached hydrogens (tertiary/aromatic N) is 1. The fourth-order valence-corrected chi connectivity index (χ4v) is 2.17. The molecule has 0 radical (unpaired) electrons. The van der Waals surface area contributed by atoms with Crippen LogP contribution in [0.25, 0.3) is 6.08 Å². The third-order valence-electron chi connectivity index (χ3n) is 3.37. The number of hydrogen-bond acceptors (Lipinski definition) is 4. The number of rotatable bonds is 4. The van der Waals surface area contributed by atoms with Crippen LogP contribution in [-0.2, 0) is 0 Å². The molecule has 1 aromatic heterocycles. The van der Waals surface area contributed by atoms with E-state index in [0.29, 0.717) is 29.4 Å². The van der Waals surface area contributed by atoms with Crippen molar-refractivity contribution in [1.82, 2.24) is 4.98 Å². The van der Waals surface area contributed by atoms with Gasteiger partial charge in [0.05, 0.1) is 5.56 Å². The molecule has 0 unspecified atom stereocenters. The van der Waals surface area contributed by atoms with Gasteiger partial charge in [0.2, 0.25) is 5.78 Å². The molecule has 3 rings (SSSR count). The van der Waals surface area contributed by atoms with Crippen molar-refractivity contribution >= 4 is 11.9 Å². The SMILES string of the molecule is CC(C)=CCOc1ccc2c(c1)OC(=Cc1cccnc1)C2=O. The highest BCUT2D eigenvalue weighted by Gasteiger charge is 2.27. The van der Waals surface area contributed by atoms with Crippen LogP contribution in [0.15, 0.2) is 60.1 Å². The van der Waals surface area contributed by atoms with Crippen LogP contribution in [0.3, 0.4) is 0 Å². The minimum absolute atomic E-state index is 0.125. The van der Waals surface area contributed by atoms with Gasteiger partial charge in [-0.2, -0.15) is 0 Å². The van der Waals surface area contributed by atoms with Gasteiger partial charge in [-0.3, -0.25) is 9.78 Å². The summed E-state index contributed by atoms with van der Waals surface area (Å²) >= 11 is 0. The molecule has 0 N–H and O–H groups in total. The third kappa shape index (κ3) is 3.48. The summed E-state index contributed by atoms with van der Waals surface area (Å²) in [6.45, 7) is 4.53. The van der Waals surface area contributed by atoms with E-state index < -0.39 is 0 Å². The second-order valence-corrected chi connectivity index (χ2v) is 5.48. The van der Waals surface area contributed by atoms with Crippen molar-refractivity contribution in [3.05, 3.63) is 71.3 Å². The molecular weight excluding hydrogens is 290 g/mol. The number of carbonyl (C=O) groups excluding carboxylic acids is 1. The molecule has 0 saturated carbocycles. The molecule has 2 aromatic rings. The first kappa shape index (κ1) is 15.0. The van der Waals surface area contributed by atoms with E-state index in [1.165, 1.54) is 5.57 Å². The lowest BCUT2D eigenvalue weighted by atomic mass is 10.1. The molecule has 0 saturated heterocycles. The number of hydrogen-bond donors (Lipinski definition) is 0. The summed E-state index contributed by atoms with van der Waals surface area (Å²) in [6, 6.07) is 8.95. The number of Topliss-reactive ketones (excluding diaryl/α,β-unsaturated/α-hetero) is 1. The lowest BCUT2D eigenvalue weighted by Crippen LogP contribution is -1.98. The van der Waals surface area contributed by atoms with Crippen LogP contribution >= 0.6 is 0 Å². The van der Waals surface area contributed by atoms with Crippen LogP contribution in [0.2, 0.25) is 0 Å². The average Bonchev–Trinajstić information content (AvgIpc) is 2.84. The molecule has 0 spiro atoms. The Morgan fingerprint density at radius 3 is 2.91 bits per heavy atom. The number of ketones is 1. The monoisotopic (exact) mass is 307 g/mol. The lowest BCUT2D eigenvalue weighted by molar-refractivity contribution is 0.101. The second-order valence-electron chi connectivity index (χ2n) is 5.48. The Kier molecular flexibility index (Phi) is 4.24. The van der Waals surface area contributed by atoms with E-state index in [4.69, 9.17) is 9.47 Å². The Hall–Kier alpha value is -2.88. The lowest BCUT2D eigenvalue weighted by Gasteiger charge is -2.05. The van der Waals surface area contributed by atoms with Crippen molar-refractivity contribution in [2.75, 3.05) is 6.61 Å². The smallest absolute Gasteiger partial charge is 0.231 e. The van der Waals surface area contributed by atoms with Crippen LogP contribution in [0.4, 0.5) is 0 Å². The molecule has 2 heterocycles. The van der Waals surface area contributed by atoms with E-state index in [-0.39, 0.29) is 5.78 Å². The molecular formula is C19H17NO3. The van der Waals surface area contributed by atoms with Gasteiger partial charge < -0.3 is 9.47 Å². The Morgan fingerprint density at radius 2 is 2.17 bits per heavy atom. The highest BCUT2D eigenvalue weighted by molar-refractivity contribution is 6.14. The topological polar surface area (TPSA) is 48.4 Å². The molecule has 1 aromatic carbocycles. The molecule has 0 aliphatic carbocycles. The van der Waals surface area contributed by atoms with Crippen LogP contribution in [0.5, 0.6) is 11.5 Å². The number of benzene rings is 1. The molecule has 0 amide bonds. The van der Waals surface area contributed by atoms with Crippen LogP contribution < -0.4 is 9.47 Å². The Labute approximate surface area is 135 Å². The number of ether oxygens (including phenoxy) is 2. The number of allylic oxidation sites excluding steroid dienone is 2. The van der Waals surface area contributed by atoms with Crippen molar-refractivity contribution in [1.29, 1.82) is 0 Å². The number of pyridine rings is 1. The van der Waals surface area contributed by atoms with Crippen molar-refractivity contribution in [3.8, 4) is 11.5 Å². The zero-order chi connectivity index (χ0) is 16.2. The number of aromatic nitrogens is 1. The molecule has 1 aliphatic rings. The molecule has 116 valence electrons. The van der Waals surface area contributed by atoms with Crippen LogP contribution in [-0.4, -0.2) is 17.4 Å². The molecule has 0 bridgehead atoms. The first-order chi connectivity index (χ1) is 11.1. The van der Waals surface area contributed by atoms with E-state index in [2.05, 4.69) is 4.98 Å². The molecule has 0 fully saturated rings. The Morgan fingerprint density at radius 1 is 1.30 bits per heavy atom. The van der Waals surface area contributed by atoms with Gasteiger partial charge in [0.25, 0.3) is 0 Å². The van der Waals surface area contributed by atoms with Gasteiger partial charge in [0.1, 0.15) is 18.1 Å². The summed E-state index contributed by atoms with van der Waals surface area (Å²) < 4.78 is 11.3. The first-order valence-electron chi connectivity index (χ1n) is 7.38. The van der Waals surface area contributed by atoms with Crippen molar-refractivity contribution in [3.63, 3.8) is 0 Å². The normalized spacial score (nSPS) is 14.3. The Balaban J connectivity index is 1.80. The van der Waals surface area contributed by atoms with Gasteiger partial charge >= 0.3 is 0 Å². The molecule has 23 heavy (non-hydrogen) atoms. The van der Waals surface area contributed by atoms with Gasteiger partial charge in [-0.15, -0.1) is 0 Å². The molecule has 0 atom stereocenters. The van der Waals surface area contributed by atoms with Gasteiger partial charge in [-0.05, 0) is 49.8 Å². The summed E-state index contributed by atoms with van der Waals surface area (Å²) in [4.78, 5) is 16.4. The minimum atomic E-state index is -0.125. The number of fused-ring (bicyclic) bond motifs is 1. The van der Waals surface area contributed by atoms with Crippen molar-refractivity contribution in [2.45, 2.75) is 13.8 Å². The highest BCUT2D eigenvalue weighted by Crippen LogP contribution is 2.34. The maximum atomic E-state index is 12.4. The molecule has 1 aliphatic heterocycles. The summed E-state index contributed by atoms with van der Waals surface area (Å²) in [5, 5.41) is 0. The highest BCUT2D eigenvalue weighted by atomic mass is 16.5. The standard InChI is InChI=1S/C19H17NO3/c1-13(2)7-9-22-15-5-6-16-17(11-15)23-18(19(16)21)10-14-4-3-8-20-12-14/h3-8,10-12H,9H2,1-2H3. The molecule has 4 nitrogen and oxygen atoms in total. The maximum absolute atomic E-state index is 12.4. The van der Waals surface area contributed by atoms with E-state index in [9.17, 15) is 4.79 Å². The van der Waals surface area contributed by atoms with E-state index >= 15 is 0 Å². The predicted octanol–water partition coefficient (Wildman–Crippen LogP) is 4.04. The summed E-state index contributed by atoms with van der Waals surface area (Å²) in [5.41, 5.74) is 2.57. The summed E-state index contributed by atoms with van der Waals surface area (Å²) in [5.74, 6) is 1.38. The second kappa shape index (κ2) is 6.48. The fraction of sp³-hybridized carbons (Fsp3) is 0.158. The van der Waals surface area contributed by atoms with Crippen molar-refractivity contribution < 1.29 is 14.3 Å². The van der Waals surface area contributed by atoms with E-state index in [1.54, 1.807) is 36.7 Å². The first-order valence-corrected chi connectivity index (χ1v) is 7.38. The Bertz CT molecular complexity index is 788. The van der Waals surface area contributed by atoms with Crippen molar-refractivity contribution in [2.24, 2.45) is 0 Å². The maximum Gasteiger partial charge on any atom is 0.231 e. The number of carbonyl (C=O) groups is 1. The van der Waals surface area contributed by atoms with Crippen LogP contribution in [0, 0.1) is 0 Å². The van der Waals surface area contributed by atoms with E-state index in [1.807, 2.05) is 32.1 Å². The summed E-state index contributed by atoms with van der Waals surface area (Å²) in [6.07, 6.45) is 7.05. The molecule has 4 heteroatoms. The summed E-state index contributed by atoms with van der Waals surface area (Å²) in [7, 11) is 0. The predicted molar refractivity (Wildman–Crippen MR) is 88.5 cm³/mol. The average molecular weight is 307 g/mol. The zero-order valence-electron chi connectivity index (χ0n) is 13.1. The fourth-order valence-electron chi connectivity index (χ4n) is 2.17. The van der Waals surface area contributed by atoms with Gasteiger partial charge in [-0.25, -0.2) is 0 Å². The van der Waals surface area contributed by atoms with E-state index in [0.717, 1.165) is 5.56 Å². The van der Waals surface area contributed by atoms with Gasteiger partial charge in [0, 0.05) is 18.5 Å².